The standard InChI is InChI=1S/C27H23N3O3/c28-23(11-22-15-30-26-4-2-1-3-25(22)26)16-33-24-12-20(10-21(13-24)27(31)32)17-5-6-19-14-29-8-7-18(19)9-17/h1-10,12-15,23,30H,11,16,28H2,(H,31,32)/t23-/m0/s1. The van der Waals surface area contributed by atoms with Crippen molar-refractivity contribution in [3.8, 4) is 16.9 Å². The molecule has 2 heterocycles. The van der Waals surface area contributed by atoms with Gasteiger partial charge in [0, 0.05) is 40.9 Å². The topological polar surface area (TPSA) is 101 Å². The highest BCUT2D eigenvalue weighted by molar-refractivity contribution is 5.92. The van der Waals surface area contributed by atoms with E-state index in [1.807, 2.05) is 54.7 Å². The summed E-state index contributed by atoms with van der Waals surface area (Å²) in [5, 5.41) is 12.8. The largest absolute Gasteiger partial charge is 0.492 e. The predicted molar refractivity (Wildman–Crippen MR) is 130 cm³/mol. The van der Waals surface area contributed by atoms with Gasteiger partial charge in [0.25, 0.3) is 0 Å². The number of benzene rings is 3. The average molecular weight is 437 g/mol. The van der Waals surface area contributed by atoms with E-state index in [1.165, 1.54) is 6.07 Å². The Labute approximate surface area is 190 Å². The summed E-state index contributed by atoms with van der Waals surface area (Å²) in [6.45, 7) is 0.269. The van der Waals surface area contributed by atoms with Gasteiger partial charge in [-0.3, -0.25) is 4.98 Å². The molecule has 0 spiro atoms. The molecule has 0 unspecified atom stereocenters. The maximum Gasteiger partial charge on any atom is 0.335 e. The molecule has 33 heavy (non-hydrogen) atoms. The molecule has 0 radical (unpaired) electrons. The average Bonchev–Trinajstić information content (AvgIpc) is 3.25. The fraction of sp³-hybridized carbons (Fsp3) is 0.111. The number of ether oxygens (including phenoxy) is 1. The molecule has 4 N–H and O–H groups in total. The Morgan fingerprint density at radius 1 is 1.03 bits per heavy atom. The van der Waals surface area contributed by atoms with Crippen LogP contribution in [-0.4, -0.2) is 33.7 Å². The number of fused-ring (bicyclic) bond motifs is 2. The molecule has 0 aliphatic rings. The van der Waals surface area contributed by atoms with Crippen LogP contribution in [0.15, 0.2) is 85.3 Å². The Morgan fingerprint density at radius 2 is 1.91 bits per heavy atom. The third kappa shape index (κ3) is 4.42. The van der Waals surface area contributed by atoms with Crippen LogP contribution in [0.5, 0.6) is 5.75 Å². The number of H-pyrrole nitrogens is 1. The summed E-state index contributed by atoms with van der Waals surface area (Å²) < 4.78 is 5.96. The van der Waals surface area contributed by atoms with Crippen molar-refractivity contribution >= 4 is 27.6 Å². The Balaban J connectivity index is 1.37. The van der Waals surface area contributed by atoms with Gasteiger partial charge in [0.1, 0.15) is 12.4 Å². The Hall–Kier alpha value is -4.16. The molecule has 0 fully saturated rings. The van der Waals surface area contributed by atoms with Gasteiger partial charge in [-0.2, -0.15) is 0 Å². The van der Waals surface area contributed by atoms with Crippen LogP contribution in [0.2, 0.25) is 0 Å². The first-order valence-corrected chi connectivity index (χ1v) is 10.7. The molecule has 1 atom stereocenters. The van der Waals surface area contributed by atoms with Crippen molar-refractivity contribution < 1.29 is 14.6 Å². The number of pyridine rings is 1. The van der Waals surface area contributed by atoms with Crippen LogP contribution in [0.1, 0.15) is 15.9 Å². The highest BCUT2D eigenvalue weighted by atomic mass is 16.5. The number of hydrogen-bond acceptors (Lipinski definition) is 4. The lowest BCUT2D eigenvalue weighted by Gasteiger charge is -2.15. The fourth-order valence-corrected chi connectivity index (χ4v) is 4.08. The van der Waals surface area contributed by atoms with E-state index in [-0.39, 0.29) is 18.2 Å². The molecule has 5 rings (SSSR count). The molecule has 0 aliphatic heterocycles. The van der Waals surface area contributed by atoms with Crippen molar-refractivity contribution in [1.29, 1.82) is 0 Å². The van der Waals surface area contributed by atoms with Crippen LogP contribution in [0.4, 0.5) is 0 Å². The van der Waals surface area contributed by atoms with Crippen molar-refractivity contribution in [1.82, 2.24) is 9.97 Å². The molecule has 164 valence electrons. The molecule has 6 heteroatoms. The molecule has 0 saturated heterocycles. The third-order valence-corrected chi connectivity index (χ3v) is 5.75. The summed E-state index contributed by atoms with van der Waals surface area (Å²) >= 11 is 0. The lowest BCUT2D eigenvalue weighted by atomic mass is 10.00. The van der Waals surface area contributed by atoms with Crippen LogP contribution in [0.25, 0.3) is 32.8 Å². The van der Waals surface area contributed by atoms with E-state index in [2.05, 4.69) is 16.0 Å². The summed E-state index contributed by atoms with van der Waals surface area (Å²) in [6, 6.07) is 20.8. The molecular formula is C27H23N3O3. The van der Waals surface area contributed by atoms with Crippen LogP contribution in [0, 0.1) is 0 Å². The van der Waals surface area contributed by atoms with E-state index < -0.39 is 5.97 Å². The van der Waals surface area contributed by atoms with Gasteiger partial charge in [0.2, 0.25) is 0 Å². The van der Waals surface area contributed by atoms with Gasteiger partial charge in [-0.25, -0.2) is 4.79 Å². The molecule has 2 aromatic heterocycles. The Morgan fingerprint density at radius 3 is 2.79 bits per heavy atom. The fourth-order valence-electron chi connectivity index (χ4n) is 4.08. The minimum Gasteiger partial charge on any atom is -0.492 e. The van der Waals surface area contributed by atoms with Crippen molar-refractivity contribution in [3.63, 3.8) is 0 Å². The van der Waals surface area contributed by atoms with Crippen LogP contribution in [-0.2, 0) is 6.42 Å². The number of rotatable bonds is 7. The smallest absolute Gasteiger partial charge is 0.335 e. The van der Waals surface area contributed by atoms with Gasteiger partial charge < -0.3 is 20.6 Å². The molecular weight excluding hydrogens is 414 g/mol. The number of carboxylic acids is 1. The lowest BCUT2D eigenvalue weighted by molar-refractivity contribution is 0.0696. The predicted octanol–water partition coefficient (Wildman–Crippen LogP) is 5.03. The van der Waals surface area contributed by atoms with E-state index in [0.29, 0.717) is 12.2 Å². The Bertz CT molecular complexity index is 1460. The van der Waals surface area contributed by atoms with Gasteiger partial charge in [-0.15, -0.1) is 0 Å². The van der Waals surface area contributed by atoms with E-state index >= 15 is 0 Å². The van der Waals surface area contributed by atoms with Crippen LogP contribution in [0.3, 0.4) is 0 Å². The quantitative estimate of drug-likeness (QED) is 0.331. The van der Waals surface area contributed by atoms with Crippen molar-refractivity contribution in [3.05, 3.63) is 96.4 Å². The molecule has 3 aromatic carbocycles. The zero-order valence-corrected chi connectivity index (χ0v) is 17.9. The highest BCUT2D eigenvalue weighted by Crippen LogP contribution is 2.29. The lowest BCUT2D eigenvalue weighted by Crippen LogP contribution is -2.30. The summed E-state index contributed by atoms with van der Waals surface area (Å²) in [5.74, 6) is -0.524. The number of nitrogens with two attached hydrogens (primary N) is 1. The first kappa shape index (κ1) is 20.7. The number of aromatic amines is 1. The second kappa shape index (κ2) is 8.76. The second-order valence-electron chi connectivity index (χ2n) is 8.12. The normalized spacial score (nSPS) is 12.2. The number of carboxylic acid groups (broad SMARTS) is 1. The van der Waals surface area contributed by atoms with Crippen LogP contribution >= 0.6 is 0 Å². The maximum absolute atomic E-state index is 11.7. The van der Waals surface area contributed by atoms with Gasteiger partial charge in [0.15, 0.2) is 0 Å². The number of carbonyl (C=O) groups is 1. The number of nitrogens with one attached hydrogen (secondary N) is 1. The number of aromatic nitrogens is 2. The van der Waals surface area contributed by atoms with Crippen molar-refractivity contribution in [2.75, 3.05) is 6.61 Å². The van der Waals surface area contributed by atoms with E-state index in [9.17, 15) is 9.90 Å². The second-order valence-corrected chi connectivity index (χ2v) is 8.12. The first-order valence-electron chi connectivity index (χ1n) is 10.7. The van der Waals surface area contributed by atoms with E-state index in [0.717, 1.165) is 38.4 Å². The van der Waals surface area contributed by atoms with Crippen LogP contribution < -0.4 is 10.5 Å². The highest BCUT2D eigenvalue weighted by Gasteiger charge is 2.13. The molecule has 5 aromatic rings. The first-order chi connectivity index (χ1) is 16.1. The van der Waals surface area contributed by atoms with Gasteiger partial charge in [-0.05, 0) is 64.9 Å². The van der Waals surface area contributed by atoms with E-state index in [1.54, 1.807) is 18.5 Å². The van der Waals surface area contributed by atoms with Crippen molar-refractivity contribution in [2.45, 2.75) is 12.5 Å². The zero-order valence-electron chi connectivity index (χ0n) is 17.9. The van der Waals surface area contributed by atoms with Gasteiger partial charge >= 0.3 is 5.97 Å². The SMILES string of the molecule is N[C@H](COc1cc(C(=O)O)cc(-c2ccc3cnccc3c2)c1)Cc1c[nH]c2ccccc12. The number of aromatic carboxylic acids is 1. The third-order valence-electron chi connectivity index (χ3n) is 5.75. The summed E-state index contributed by atoms with van der Waals surface area (Å²) in [7, 11) is 0. The van der Waals surface area contributed by atoms with E-state index in [4.69, 9.17) is 10.5 Å². The van der Waals surface area contributed by atoms with Gasteiger partial charge in [-0.1, -0.05) is 30.3 Å². The number of nitrogens with zero attached hydrogens (tertiary/aromatic N) is 1. The van der Waals surface area contributed by atoms with Crippen molar-refractivity contribution in [2.24, 2.45) is 5.73 Å². The Kier molecular flexibility index (Phi) is 5.50. The number of para-hydroxylation sites is 1. The molecule has 0 saturated carbocycles. The zero-order chi connectivity index (χ0) is 22.8. The maximum atomic E-state index is 11.7. The monoisotopic (exact) mass is 437 g/mol. The molecule has 0 aliphatic carbocycles. The molecule has 0 bridgehead atoms. The minimum atomic E-state index is -1.00. The molecule has 0 amide bonds. The minimum absolute atomic E-state index is 0.169. The number of hydrogen-bond donors (Lipinski definition) is 3. The molecule has 6 nitrogen and oxygen atoms in total. The van der Waals surface area contributed by atoms with Gasteiger partial charge in [0.05, 0.1) is 5.56 Å². The summed E-state index contributed by atoms with van der Waals surface area (Å²) in [6.07, 6.45) is 6.16. The summed E-state index contributed by atoms with van der Waals surface area (Å²) in [4.78, 5) is 19.1. The summed E-state index contributed by atoms with van der Waals surface area (Å²) in [5.41, 5.74) is 10.4.